The number of hydrogen-bond donors (Lipinski definition) is 1. The first-order chi connectivity index (χ1) is 10.9. The zero-order valence-electron chi connectivity index (χ0n) is 12.0. The first-order valence-electron chi connectivity index (χ1n) is 7.00. The third kappa shape index (κ3) is 3.88. The Morgan fingerprint density at radius 3 is 2.87 bits per heavy atom. The number of thiazole rings is 1. The zero-order chi connectivity index (χ0) is 16.4. The van der Waals surface area contributed by atoms with Gasteiger partial charge in [0, 0.05) is 24.5 Å². The molecule has 9 heteroatoms. The Labute approximate surface area is 142 Å². The van der Waals surface area contributed by atoms with Crippen LogP contribution in [0.4, 0.5) is 0 Å². The maximum Gasteiger partial charge on any atom is 0.264 e. The molecule has 1 fully saturated rings. The van der Waals surface area contributed by atoms with E-state index in [1.165, 1.54) is 11.3 Å². The molecule has 0 atom stereocenters. The lowest BCUT2D eigenvalue weighted by molar-refractivity contribution is 0.0956. The summed E-state index contributed by atoms with van der Waals surface area (Å²) in [7, 11) is -2.82. The molecule has 0 spiro atoms. The minimum Gasteiger partial charge on any atom is -0.351 e. The molecule has 0 aromatic carbocycles. The topological polar surface area (TPSA) is 89.0 Å². The van der Waals surface area contributed by atoms with Gasteiger partial charge in [0.1, 0.15) is 9.88 Å². The maximum atomic E-state index is 12.2. The predicted octanol–water partition coefficient (Wildman–Crippen LogP) is 2.02. The third-order valence-corrected chi connectivity index (χ3v) is 6.97. The van der Waals surface area contributed by atoms with Gasteiger partial charge in [0.25, 0.3) is 5.91 Å². The summed E-state index contributed by atoms with van der Waals surface area (Å²) in [5.74, 6) is 0.290. The second kappa shape index (κ2) is 6.54. The zero-order valence-corrected chi connectivity index (χ0v) is 14.4. The van der Waals surface area contributed by atoms with Crippen LogP contribution in [-0.2, 0) is 9.84 Å². The van der Waals surface area contributed by atoms with Crippen LogP contribution in [0.3, 0.4) is 0 Å². The normalized spacial score (nSPS) is 16.7. The maximum absolute atomic E-state index is 12.2. The molecule has 3 rings (SSSR count). The van der Waals surface area contributed by atoms with Crippen LogP contribution in [0.25, 0.3) is 10.6 Å². The van der Waals surface area contributed by atoms with Crippen molar-refractivity contribution in [3.8, 4) is 10.6 Å². The van der Waals surface area contributed by atoms with E-state index in [0.717, 1.165) is 5.56 Å². The molecule has 2 aromatic rings. The second-order valence-corrected chi connectivity index (χ2v) is 8.88. The molecule has 122 valence electrons. The Morgan fingerprint density at radius 2 is 2.22 bits per heavy atom. The summed E-state index contributed by atoms with van der Waals surface area (Å²) in [5, 5.41) is 3.57. The number of carbonyl (C=O) groups excluding carboxylic acids is 1. The number of rotatable bonds is 5. The van der Waals surface area contributed by atoms with Gasteiger partial charge in [-0.05, 0) is 24.5 Å². The van der Waals surface area contributed by atoms with E-state index in [2.05, 4.69) is 15.3 Å². The first kappa shape index (κ1) is 16.4. The number of carbonyl (C=O) groups is 1. The van der Waals surface area contributed by atoms with Gasteiger partial charge >= 0.3 is 0 Å². The fraction of sp³-hybridized carbons (Fsp3) is 0.357. The molecule has 1 N–H and O–H groups in total. The SMILES string of the molecule is O=C(NCCC1CS(=O)(=O)C1)c1sc(-c2cccnc2)nc1Cl. The van der Waals surface area contributed by atoms with Gasteiger partial charge in [-0.3, -0.25) is 9.78 Å². The number of aromatic nitrogens is 2. The molecule has 1 aliphatic rings. The van der Waals surface area contributed by atoms with Crippen LogP contribution in [0.2, 0.25) is 5.15 Å². The summed E-state index contributed by atoms with van der Waals surface area (Å²) in [6, 6.07) is 3.64. The van der Waals surface area contributed by atoms with Gasteiger partial charge < -0.3 is 5.32 Å². The van der Waals surface area contributed by atoms with Crippen molar-refractivity contribution in [3.05, 3.63) is 34.6 Å². The first-order valence-corrected chi connectivity index (χ1v) is 10.0. The number of halogens is 1. The Bertz CT molecular complexity index is 809. The lowest BCUT2D eigenvalue weighted by Gasteiger charge is -2.25. The lowest BCUT2D eigenvalue weighted by Crippen LogP contribution is -2.38. The van der Waals surface area contributed by atoms with E-state index in [-0.39, 0.29) is 28.5 Å². The standard InChI is InChI=1S/C14H14ClN3O3S2/c15-12-11(22-14(18-12)10-2-1-4-16-6-10)13(19)17-5-3-9-7-23(20,21)8-9/h1-2,4,6,9H,3,5,7-8H2,(H,17,19). The molecule has 1 saturated heterocycles. The Kier molecular flexibility index (Phi) is 4.65. The minimum atomic E-state index is -2.82. The van der Waals surface area contributed by atoms with Crippen molar-refractivity contribution in [1.82, 2.24) is 15.3 Å². The number of nitrogens with zero attached hydrogens (tertiary/aromatic N) is 2. The highest BCUT2D eigenvalue weighted by Crippen LogP contribution is 2.30. The van der Waals surface area contributed by atoms with Crippen molar-refractivity contribution in [2.45, 2.75) is 6.42 Å². The summed E-state index contributed by atoms with van der Waals surface area (Å²) in [5.41, 5.74) is 0.804. The quantitative estimate of drug-likeness (QED) is 0.868. The molecule has 0 unspecified atom stereocenters. The van der Waals surface area contributed by atoms with Crippen molar-refractivity contribution in [2.24, 2.45) is 5.92 Å². The van der Waals surface area contributed by atoms with Gasteiger partial charge in [-0.1, -0.05) is 11.6 Å². The van der Waals surface area contributed by atoms with E-state index in [4.69, 9.17) is 11.6 Å². The van der Waals surface area contributed by atoms with Crippen LogP contribution in [0.5, 0.6) is 0 Å². The summed E-state index contributed by atoms with van der Waals surface area (Å²) >= 11 is 7.25. The molecule has 1 amide bonds. The number of pyridine rings is 1. The summed E-state index contributed by atoms with van der Waals surface area (Å²) in [6.07, 6.45) is 3.97. The molecule has 1 aliphatic heterocycles. The van der Waals surface area contributed by atoms with Crippen LogP contribution in [0.15, 0.2) is 24.5 Å². The van der Waals surface area contributed by atoms with E-state index in [1.807, 2.05) is 6.07 Å². The lowest BCUT2D eigenvalue weighted by atomic mass is 10.1. The second-order valence-electron chi connectivity index (χ2n) is 5.37. The average Bonchev–Trinajstić information content (AvgIpc) is 2.88. The van der Waals surface area contributed by atoms with Gasteiger partial charge in [0.05, 0.1) is 11.5 Å². The summed E-state index contributed by atoms with van der Waals surface area (Å²) < 4.78 is 22.2. The molecule has 0 radical (unpaired) electrons. The number of hydrogen-bond acceptors (Lipinski definition) is 6. The fourth-order valence-corrected chi connectivity index (χ4v) is 5.23. The molecule has 3 heterocycles. The van der Waals surface area contributed by atoms with Crippen molar-refractivity contribution in [2.75, 3.05) is 18.1 Å². The van der Waals surface area contributed by atoms with Crippen molar-refractivity contribution in [1.29, 1.82) is 0 Å². The highest BCUT2D eigenvalue weighted by Gasteiger charge is 2.32. The van der Waals surface area contributed by atoms with Gasteiger partial charge in [0.2, 0.25) is 0 Å². The minimum absolute atomic E-state index is 0.142. The Balaban J connectivity index is 1.58. The van der Waals surface area contributed by atoms with Crippen molar-refractivity contribution >= 4 is 38.7 Å². The van der Waals surface area contributed by atoms with E-state index >= 15 is 0 Å². The smallest absolute Gasteiger partial charge is 0.264 e. The summed E-state index contributed by atoms with van der Waals surface area (Å²) in [4.78, 5) is 20.7. The molecular formula is C14H14ClN3O3S2. The molecule has 0 saturated carbocycles. The van der Waals surface area contributed by atoms with Gasteiger partial charge in [-0.2, -0.15) is 0 Å². The highest BCUT2D eigenvalue weighted by atomic mass is 35.5. The highest BCUT2D eigenvalue weighted by molar-refractivity contribution is 7.92. The van der Waals surface area contributed by atoms with E-state index in [1.54, 1.807) is 18.5 Å². The third-order valence-electron chi connectivity index (χ3n) is 3.52. The van der Waals surface area contributed by atoms with Crippen LogP contribution >= 0.6 is 22.9 Å². The van der Waals surface area contributed by atoms with Crippen LogP contribution in [0.1, 0.15) is 16.1 Å². The number of nitrogens with one attached hydrogen (secondary N) is 1. The number of sulfone groups is 1. The molecule has 0 bridgehead atoms. The van der Waals surface area contributed by atoms with Crippen molar-refractivity contribution in [3.63, 3.8) is 0 Å². The fourth-order valence-electron chi connectivity index (χ4n) is 2.36. The van der Waals surface area contributed by atoms with Crippen molar-refractivity contribution < 1.29 is 13.2 Å². The average molecular weight is 372 g/mol. The Morgan fingerprint density at radius 1 is 1.43 bits per heavy atom. The van der Waals surface area contributed by atoms with Crippen LogP contribution in [0, 0.1) is 5.92 Å². The Hall–Kier alpha value is -1.51. The molecular weight excluding hydrogens is 358 g/mol. The van der Waals surface area contributed by atoms with Crippen LogP contribution < -0.4 is 5.32 Å². The molecule has 0 aliphatic carbocycles. The van der Waals surface area contributed by atoms with E-state index < -0.39 is 9.84 Å². The van der Waals surface area contributed by atoms with Gasteiger partial charge in [-0.25, -0.2) is 13.4 Å². The molecule has 2 aromatic heterocycles. The van der Waals surface area contributed by atoms with E-state index in [0.29, 0.717) is 22.9 Å². The number of amides is 1. The van der Waals surface area contributed by atoms with E-state index in [9.17, 15) is 13.2 Å². The predicted molar refractivity (Wildman–Crippen MR) is 89.4 cm³/mol. The molecule has 23 heavy (non-hydrogen) atoms. The largest absolute Gasteiger partial charge is 0.351 e. The van der Waals surface area contributed by atoms with Gasteiger partial charge in [-0.15, -0.1) is 11.3 Å². The summed E-state index contributed by atoms with van der Waals surface area (Å²) in [6.45, 7) is 0.426. The van der Waals surface area contributed by atoms with Crippen LogP contribution in [-0.4, -0.2) is 42.3 Å². The van der Waals surface area contributed by atoms with Gasteiger partial charge in [0.15, 0.2) is 15.0 Å². The molecule has 6 nitrogen and oxygen atoms in total. The monoisotopic (exact) mass is 371 g/mol.